The van der Waals surface area contributed by atoms with Gasteiger partial charge in [0.25, 0.3) is 0 Å². The number of pyridine rings is 1. The minimum absolute atomic E-state index is 0.110. The van der Waals surface area contributed by atoms with Gasteiger partial charge in [0, 0.05) is 61.3 Å². The average Bonchev–Trinajstić information content (AvgIpc) is 2.96. The smallest absolute Gasteiger partial charge is 0.226 e. The summed E-state index contributed by atoms with van der Waals surface area (Å²) in [5.74, 6) is 1.66. The van der Waals surface area contributed by atoms with Crippen molar-refractivity contribution in [1.29, 1.82) is 0 Å². The highest BCUT2D eigenvalue weighted by Gasteiger charge is 2.14. The highest BCUT2D eigenvalue weighted by Crippen LogP contribution is 2.33. The fourth-order valence-electron chi connectivity index (χ4n) is 4.41. The molecular formula is C32H40FN3O5. The molecule has 8 nitrogen and oxygen atoms in total. The van der Waals surface area contributed by atoms with Gasteiger partial charge >= 0.3 is 0 Å². The van der Waals surface area contributed by atoms with Crippen LogP contribution in [-0.2, 0) is 22.5 Å². The van der Waals surface area contributed by atoms with Gasteiger partial charge < -0.3 is 24.3 Å². The van der Waals surface area contributed by atoms with Gasteiger partial charge in [-0.2, -0.15) is 0 Å². The first kappa shape index (κ1) is 30.3. The molecule has 0 bridgehead atoms. The van der Waals surface area contributed by atoms with Crippen LogP contribution < -0.4 is 19.5 Å². The van der Waals surface area contributed by atoms with Crippen molar-refractivity contribution in [2.24, 2.45) is 5.92 Å². The second-order valence-electron chi connectivity index (χ2n) is 10.4. The van der Waals surface area contributed by atoms with E-state index < -0.39 is 5.82 Å². The summed E-state index contributed by atoms with van der Waals surface area (Å²) in [6.07, 6.45) is 1.86. The van der Waals surface area contributed by atoms with E-state index in [9.17, 15) is 9.18 Å². The second kappa shape index (κ2) is 15.3. The number of hydrogen-bond acceptors (Lipinski definition) is 7. The molecule has 1 N–H and O–H groups in total. The van der Waals surface area contributed by atoms with Gasteiger partial charge in [-0.15, -0.1) is 0 Å². The Bertz CT molecular complexity index is 1260. The number of rotatable bonds is 14. The third kappa shape index (κ3) is 9.72. The number of morpholine rings is 1. The normalized spacial score (nSPS) is 13.7. The summed E-state index contributed by atoms with van der Waals surface area (Å²) >= 11 is 0. The third-order valence-corrected chi connectivity index (χ3v) is 6.51. The largest absolute Gasteiger partial charge is 0.494 e. The fraction of sp³-hybridized carbons (Fsp3) is 0.438. The standard InChI is InChI=1S/C32H40FN3O5/c1-4-39-28-7-8-30(31(19-28)40-14-11-36-9-12-38-13-10-36)25-5-6-27(34-21-25)18-32(37)35-20-24-15-26(33)17-29(16-24)41-22-23(2)3/h5-8,15-17,19,21,23H,4,9-14,18,20,22H2,1-3H3,(H,35,37). The van der Waals surface area contributed by atoms with Crippen LogP contribution in [0.25, 0.3) is 11.1 Å². The number of aromatic nitrogens is 1. The minimum Gasteiger partial charge on any atom is -0.494 e. The van der Waals surface area contributed by atoms with Gasteiger partial charge in [-0.3, -0.25) is 14.7 Å². The van der Waals surface area contributed by atoms with E-state index in [1.807, 2.05) is 51.1 Å². The Morgan fingerprint density at radius 1 is 1.05 bits per heavy atom. The number of carbonyl (C=O) groups is 1. The zero-order chi connectivity index (χ0) is 29.0. The van der Waals surface area contributed by atoms with Crippen molar-refractivity contribution in [3.05, 3.63) is 71.8 Å². The van der Waals surface area contributed by atoms with Gasteiger partial charge in [0.2, 0.25) is 5.91 Å². The molecule has 41 heavy (non-hydrogen) atoms. The first-order valence-electron chi connectivity index (χ1n) is 14.2. The van der Waals surface area contributed by atoms with E-state index in [1.54, 1.807) is 12.3 Å². The van der Waals surface area contributed by atoms with Crippen LogP contribution in [0.2, 0.25) is 0 Å². The molecule has 2 aromatic carbocycles. The molecule has 0 saturated carbocycles. The first-order valence-corrected chi connectivity index (χ1v) is 14.2. The molecular weight excluding hydrogens is 525 g/mol. The van der Waals surface area contributed by atoms with Gasteiger partial charge in [-0.1, -0.05) is 19.9 Å². The summed E-state index contributed by atoms with van der Waals surface area (Å²) in [7, 11) is 0. The number of amides is 1. The number of halogens is 1. The van der Waals surface area contributed by atoms with Crippen molar-refractivity contribution in [2.75, 3.05) is 52.7 Å². The lowest BCUT2D eigenvalue weighted by Crippen LogP contribution is -2.38. The Kier molecular flexibility index (Phi) is 11.3. The number of hydrogen-bond donors (Lipinski definition) is 1. The van der Waals surface area contributed by atoms with Crippen LogP contribution in [-0.4, -0.2) is 68.5 Å². The molecule has 1 aliphatic heterocycles. The number of nitrogens with zero attached hydrogens (tertiary/aromatic N) is 2. The Morgan fingerprint density at radius 2 is 1.88 bits per heavy atom. The molecule has 4 rings (SSSR count). The van der Waals surface area contributed by atoms with Crippen molar-refractivity contribution in [3.8, 4) is 28.4 Å². The van der Waals surface area contributed by atoms with Gasteiger partial charge in [0.1, 0.15) is 29.7 Å². The maximum atomic E-state index is 14.0. The van der Waals surface area contributed by atoms with Crippen LogP contribution in [0, 0.1) is 11.7 Å². The van der Waals surface area contributed by atoms with E-state index in [1.165, 1.54) is 12.1 Å². The van der Waals surface area contributed by atoms with Gasteiger partial charge in [-0.25, -0.2) is 4.39 Å². The van der Waals surface area contributed by atoms with Crippen molar-refractivity contribution < 1.29 is 28.1 Å². The van der Waals surface area contributed by atoms with E-state index in [4.69, 9.17) is 18.9 Å². The minimum atomic E-state index is -0.397. The summed E-state index contributed by atoms with van der Waals surface area (Å²) in [4.78, 5) is 19.5. The molecule has 0 radical (unpaired) electrons. The molecule has 2 heterocycles. The van der Waals surface area contributed by atoms with Gasteiger partial charge in [-0.05, 0) is 48.7 Å². The summed E-state index contributed by atoms with van der Waals surface area (Å²) < 4.78 is 37.0. The number of benzene rings is 2. The lowest BCUT2D eigenvalue weighted by atomic mass is 10.1. The maximum absolute atomic E-state index is 14.0. The fourth-order valence-corrected chi connectivity index (χ4v) is 4.41. The highest BCUT2D eigenvalue weighted by atomic mass is 19.1. The zero-order valence-electron chi connectivity index (χ0n) is 24.2. The predicted molar refractivity (Wildman–Crippen MR) is 156 cm³/mol. The Hall–Kier alpha value is -3.69. The van der Waals surface area contributed by atoms with Crippen LogP contribution in [0.5, 0.6) is 17.2 Å². The van der Waals surface area contributed by atoms with Crippen LogP contribution in [0.15, 0.2) is 54.7 Å². The topological polar surface area (TPSA) is 82.2 Å². The summed E-state index contributed by atoms with van der Waals surface area (Å²) in [6, 6.07) is 14.1. The summed E-state index contributed by atoms with van der Waals surface area (Å²) in [5, 5.41) is 2.84. The molecule has 1 saturated heterocycles. The van der Waals surface area contributed by atoms with Crippen LogP contribution >= 0.6 is 0 Å². The van der Waals surface area contributed by atoms with E-state index >= 15 is 0 Å². The quantitative estimate of drug-likeness (QED) is 0.298. The number of nitrogens with one attached hydrogen (secondary N) is 1. The van der Waals surface area contributed by atoms with E-state index in [-0.39, 0.29) is 18.9 Å². The van der Waals surface area contributed by atoms with Crippen molar-refractivity contribution in [3.63, 3.8) is 0 Å². The van der Waals surface area contributed by atoms with E-state index in [2.05, 4.69) is 15.2 Å². The molecule has 9 heteroatoms. The molecule has 0 spiro atoms. The first-order chi connectivity index (χ1) is 19.9. The predicted octanol–water partition coefficient (Wildman–Crippen LogP) is 4.89. The average molecular weight is 566 g/mol. The summed E-state index contributed by atoms with van der Waals surface area (Å²) in [6.45, 7) is 11.9. The van der Waals surface area contributed by atoms with E-state index in [0.29, 0.717) is 42.7 Å². The van der Waals surface area contributed by atoms with E-state index in [0.717, 1.165) is 55.5 Å². The molecule has 3 aromatic rings. The number of carbonyl (C=O) groups excluding carboxylic acids is 1. The maximum Gasteiger partial charge on any atom is 0.226 e. The zero-order valence-corrected chi connectivity index (χ0v) is 24.2. The van der Waals surface area contributed by atoms with Crippen molar-refractivity contribution in [1.82, 2.24) is 15.2 Å². The van der Waals surface area contributed by atoms with Gasteiger partial charge in [0.15, 0.2) is 0 Å². The highest BCUT2D eigenvalue weighted by molar-refractivity contribution is 5.78. The second-order valence-corrected chi connectivity index (χ2v) is 10.4. The molecule has 0 unspecified atom stereocenters. The van der Waals surface area contributed by atoms with Crippen molar-refractivity contribution in [2.45, 2.75) is 33.7 Å². The molecule has 0 atom stereocenters. The SMILES string of the molecule is CCOc1ccc(-c2ccc(CC(=O)NCc3cc(F)cc(OCC(C)C)c3)nc2)c(OCCN2CCOCC2)c1. The van der Waals surface area contributed by atoms with Crippen LogP contribution in [0.1, 0.15) is 32.0 Å². The molecule has 1 amide bonds. The molecule has 0 aliphatic carbocycles. The molecule has 220 valence electrons. The lowest BCUT2D eigenvalue weighted by Gasteiger charge is -2.26. The Balaban J connectivity index is 1.35. The third-order valence-electron chi connectivity index (χ3n) is 6.51. The lowest BCUT2D eigenvalue weighted by molar-refractivity contribution is -0.120. The van der Waals surface area contributed by atoms with Crippen LogP contribution in [0.4, 0.5) is 4.39 Å². The number of ether oxygens (including phenoxy) is 4. The van der Waals surface area contributed by atoms with Crippen molar-refractivity contribution >= 4 is 5.91 Å². The van der Waals surface area contributed by atoms with Gasteiger partial charge in [0.05, 0.1) is 32.8 Å². The Morgan fingerprint density at radius 3 is 2.61 bits per heavy atom. The molecule has 1 fully saturated rings. The monoisotopic (exact) mass is 565 g/mol. The summed E-state index contributed by atoms with van der Waals surface area (Å²) in [5.41, 5.74) is 3.05. The van der Waals surface area contributed by atoms with Crippen LogP contribution in [0.3, 0.4) is 0 Å². The Labute approximate surface area is 241 Å². The molecule has 1 aromatic heterocycles. The molecule has 1 aliphatic rings.